The van der Waals surface area contributed by atoms with Crippen molar-refractivity contribution >= 4 is 7.60 Å². The van der Waals surface area contributed by atoms with E-state index in [0.717, 1.165) is 18.2 Å². The van der Waals surface area contributed by atoms with Gasteiger partial charge in [0.05, 0.1) is 5.56 Å². The topological polar surface area (TPSA) is 78.7 Å². The maximum absolute atomic E-state index is 14.0. The molecule has 0 spiro atoms. The number of para-hydroxylation sites is 2. The zero-order chi connectivity index (χ0) is 22.5. The van der Waals surface area contributed by atoms with Crippen LogP contribution in [-0.4, -0.2) is 11.5 Å². The minimum Gasteiger partial charge on any atom is -0.415 e. The van der Waals surface area contributed by atoms with Crippen LogP contribution < -0.4 is 9.05 Å². The average molecular weight is 451 g/mol. The van der Waals surface area contributed by atoms with E-state index in [2.05, 4.69) is 0 Å². The molecule has 0 amide bonds. The summed E-state index contributed by atoms with van der Waals surface area (Å²) in [5.41, 5.74) is -3.50. The Hall–Kier alpha value is -3.32. The first-order valence-corrected chi connectivity index (χ1v) is 10.7. The molecular weight excluding hydrogens is 434 g/mol. The molecule has 3 aromatic carbocycles. The van der Waals surface area contributed by atoms with Crippen LogP contribution in [0.5, 0.6) is 11.5 Å². The van der Waals surface area contributed by atoms with Crippen molar-refractivity contribution in [2.24, 2.45) is 0 Å². The van der Waals surface area contributed by atoms with Crippen molar-refractivity contribution in [3.63, 3.8) is 0 Å². The molecule has 0 fully saturated rings. The highest BCUT2D eigenvalue weighted by atomic mass is 31.2. The molecule has 0 aliphatic rings. The molecule has 3 rings (SSSR count). The molecule has 0 heterocycles. The van der Waals surface area contributed by atoms with Crippen LogP contribution in [-0.2, 0) is 10.7 Å². The lowest BCUT2D eigenvalue weighted by molar-refractivity contribution is -0.480. The third-order valence-electron chi connectivity index (χ3n) is 4.28. The molecule has 6 nitrogen and oxygen atoms in total. The summed E-state index contributed by atoms with van der Waals surface area (Å²) in [7, 11) is -4.59. The van der Waals surface area contributed by atoms with Crippen LogP contribution in [0.1, 0.15) is 16.8 Å². The summed E-state index contributed by atoms with van der Waals surface area (Å²) in [4.78, 5) is 10.5. The van der Waals surface area contributed by atoms with Gasteiger partial charge in [-0.15, -0.1) is 0 Å². The summed E-state index contributed by atoms with van der Waals surface area (Å²) < 4.78 is 66.0. The number of benzene rings is 3. The summed E-state index contributed by atoms with van der Waals surface area (Å²) in [6, 6.07) is 19.5. The maximum Gasteiger partial charge on any atom is 0.444 e. The summed E-state index contributed by atoms with van der Waals surface area (Å²) in [5, 5.41) is 11.4. The Balaban J connectivity index is 2.17. The molecule has 0 aromatic heterocycles. The van der Waals surface area contributed by atoms with Crippen molar-refractivity contribution < 1.29 is 31.7 Å². The second-order valence-corrected chi connectivity index (χ2v) is 8.53. The summed E-state index contributed by atoms with van der Waals surface area (Å²) >= 11 is 0. The zero-order valence-corrected chi connectivity index (χ0v) is 16.8. The predicted molar refractivity (Wildman–Crippen MR) is 108 cm³/mol. The van der Waals surface area contributed by atoms with E-state index in [9.17, 15) is 27.9 Å². The maximum atomic E-state index is 14.0. The van der Waals surface area contributed by atoms with Gasteiger partial charge >= 0.3 is 13.8 Å². The van der Waals surface area contributed by atoms with E-state index >= 15 is 0 Å². The monoisotopic (exact) mass is 451 g/mol. The number of nitro groups is 1. The van der Waals surface area contributed by atoms with Crippen LogP contribution in [0.4, 0.5) is 13.2 Å². The SMILES string of the molecule is O=[N+]([O-])C[C@@H](c1ccccc1C(F)(F)F)P(=O)(Oc1ccccc1)Oc1ccccc1. The zero-order valence-electron chi connectivity index (χ0n) is 15.9. The van der Waals surface area contributed by atoms with Gasteiger partial charge in [0, 0.05) is 4.92 Å². The second-order valence-electron chi connectivity index (χ2n) is 6.46. The third-order valence-corrected chi connectivity index (χ3v) is 6.42. The largest absolute Gasteiger partial charge is 0.444 e. The molecule has 0 radical (unpaired) electrons. The number of hydrogen-bond acceptors (Lipinski definition) is 5. The van der Waals surface area contributed by atoms with Gasteiger partial charge in [0.2, 0.25) is 6.54 Å². The molecule has 0 bridgehead atoms. The fourth-order valence-corrected chi connectivity index (χ4v) is 4.98. The standard InChI is InChI=1S/C21H17F3NO5P/c22-21(23,24)19-14-8-7-13-18(19)20(15-25(26)27)31(28,29-16-9-3-1-4-10-16)30-17-11-5-2-6-12-17/h1-14,20H,15H2/t20-/m0/s1. The van der Waals surface area contributed by atoms with Gasteiger partial charge in [0.25, 0.3) is 0 Å². The second kappa shape index (κ2) is 9.22. The van der Waals surface area contributed by atoms with Crippen molar-refractivity contribution in [1.82, 2.24) is 0 Å². The Bertz CT molecular complexity index is 1030. The molecule has 0 aliphatic carbocycles. The predicted octanol–water partition coefficient (Wildman–Crippen LogP) is 6.37. The molecule has 0 saturated carbocycles. The Morgan fingerprint density at radius 1 is 0.839 bits per heavy atom. The minimum absolute atomic E-state index is 0.0413. The van der Waals surface area contributed by atoms with Crippen molar-refractivity contribution in [3.05, 3.63) is 106 Å². The lowest BCUT2D eigenvalue weighted by Crippen LogP contribution is -2.22. The van der Waals surface area contributed by atoms with Crippen molar-refractivity contribution in [3.8, 4) is 11.5 Å². The van der Waals surface area contributed by atoms with Crippen LogP contribution in [0, 0.1) is 10.1 Å². The molecule has 31 heavy (non-hydrogen) atoms. The quantitative estimate of drug-likeness (QED) is 0.226. The van der Waals surface area contributed by atoms with Gasteiger partial charge < -0.3 is 9.05 Å². The van der Waals surface area contributed by atoms with Crippen LogP contribution in [0.15, 0.2) is 84.9 Å². The highest BCUT2D eigenvalue weighted by molar-refractivity contribution is 7.55. The van der Waals surface area contributed by atoms with E-state index in [1.807, 2.05) is 0 Å². The van der Waals surface area contributed by atoms with Gasteiger partial charge in [-0.2, -0.15) is 13.2 Å². The van der Waals surface area contributed by atoms with E-state index in [0.29, 0.717) is 0 Å². The number of rotatable bonds is 8. The van der Waals surface area contributed by atoms with E-state index in [4.69, 9.17) is 9.05 Å². The molecule has 0 saturated heterocycles. The van der Waals surface area contributed by atoms with Gasteiger partial charge in [0.15, 0.2) is 5.66 Å². The molecule has 0 N–H and O–H groups in total. The molecule has 0 aliphatic heterocycles. The molecular formula is C21H17F3NO5P. The van der Waals surface area contributed by atoms with Crippen LogP contribution in [0.25, 0.3) is 0 Å². The van der Waals surface area contributed by atoms with E-state index in [1.54, 1.807) is 36.4 Å². The Morgan fingerprint density at radius 2 is 1.29 bits per heavy atom. The molecule has 162 valence electrons. The van der Waals surface area contributed by atoms with E-state index in [1.165, 1.54) is 30.3 Å². The number of nitrogens with zero attached hydrogens (tertiary/aromatic N) is 1. The van der Waals surface area contributed by atoms with Gasteiger partial charge in [-0.25, -0.2) is 4.57 Å². The fourth-order valence-electron chi connectivity index (χ4n) is 2.96. The van der Waals surface area contributed by atoms with Crippen molar-refractivity contribution in [1.29, 1.82) is 0 Å². The molecule has 3 aromatic rings. The van der Waals surface area contributed by atoms with Gasteiger partial charge in [-0.05, 0) is 35.9 Å². The fraction of sp³-hybridized carbons (Fsp3) is 0.143. The smallest absolute Gasteiger partial charge is 0.415 e. The number of alkyl halides is 3. The first-order valence-electron chi connectivity index (χ1n) is 9.06. The molecule has 10 heteroatoms. The average Bonchev–Trinajstić information content (AvgIpc) is 2.72. The first kappa shape index (κ1) is 22.4. The summed E-state index contributed by atoms with van der Waals surface area (Å²) in [6.45, 7) is -1.09. The van der Waals surface area contributed by atoms with Crippen LogP contribution in [0.2, 0.25) is 0 Å². The Morgan fingerprint density at radius 3 is 1.74 bits per heavy atom. The van der Waals surface area contributed by atoms with Gasteiger partial charge in [-0.3, -0.25) is 10.1 Å². The Labute approximate surface area is 175 Å². The highest BCUT2D eigenvalue weighted by Crippen LogP contribution is 2.61. The Kier molecular flexibility index (Phi) is 6.65. The first-order chi connectivity index (χ1) is 14.7. The summed E-state index contributed by atoms with van der Waals surface area (Å²) in [5.74, 6) is 0.0826. The highest BCUT2D eigenvalue weighted by Gasteiger charge is 2.48. The molecule has 0 unspecified atom stereocenters. The third kappa shape index (κ3) is 5.64. The minimum atomic E-state index is -4.82. The number of hydrogen-bond donors (Lipinski definition) is 0. The molecule has 1 atom stereocenters. The number of halogens is 3. The van der Waals surface area contributed by atoms with Gasteiger partial charge in [-0.1, -0.05) is 54.6 Å². The van der Waals surface area contributed by atoms with E-state index < -0.39 is 42.0 Å². The van der Waals surface area contributed by atoms with E-state index in [-0.39, 0.29) is 11.5 Å². The van der Waals surface area contributed by atoms with Gasteiger partial charge in [0.1, 0.15) is 11.5 Å². The lowest BCUT2D eigenvalue weighted by Gasteiger charge is -2.27. The van der Waals surface area contributed by atoms with Crippen molar-refractivity contribution in [2.45, 2.75) is 11.8 Å². The lowest BCUT2D eigenvalue weighted by atomic mass is 10.0. The van der Waals surface area contributed by atoms with Crippen molar-refractivity contribution in [2.75, 3.05) is 6.54 Å². The normalized spacial score (nSPS) is 12.7. The van der Waals surface area contributed by atoms with Crippen LogP contribution >= 0.6 is 7.60 Å². The summed E-state index contributed by atoms with van der Waals surface area (Å²) in [6.07, 6.45) is -4.82. The van der Waals surface area contributed by atoms with Crippen LogP contribution in [0.3, 0.4) is 0 Å².